The molecule has 3 rings (SSSR count). The zero-order chi connectivity index (χ0) is 19.1. The maximum Gasteiger partial charge on any atom is 0.193 e. The van der Waals surface area contributed by atoms with Crippen molar-refractivity contribution in [1.82, 2.24) is 10.2 Å². The smallest absolute Gasteiger partial charge is 0.193 e. The van der Waals surface area contributed by atoms with E-state index in [0.717, 1.165) is 69.8 Å². The molecule has 2 fully saturated rings. The van der Waals surface area contributed by atoms with Crippen LogP contribution in [0.4, 0.5) is 0 Å². The molecule has 1 unspecified atom stereocenters. The van der Waals surface area contributed by atoms with Gasteiger partial charge in [-0.1, -0.05) is 29.8 Å². The van der Waals surface area contributed by atoms with Crippen molar-refractivity contribution in [2.24, 2.45) is 10.9 Å². The van der Waals surface area contributed by atoms with Crippen LogP contribution in [0, 0.1) is 5.92 Å². The number of hydrogen-bond acceptors (Lipinski definition) is 3. The van der Waals surface area contributed by atoms with Crippen molar-refractivity contribution in [3.05, 3.63) is 34.9 Å². The summed E-state index contributed by atoms with van der Waals surface area (Å²) < 4.78 is 11.2. The number of benzene rings is 1. The van der Waals surface area contributed by atoms with Crippen molar-refractivity contribution in [2.45, 2.75) is 31.6 Å². The lowest BCUT2D eigenvalue weighted by Crippen LogP contribution is -2.43. The molecule has 1 aromatic rings. The van der Waals surface area contributed by atoms with Gasteiger partial charge in [0.05, 0.1) is 13.2 Å². The number of halogens is 2. The lowest BCUT2D eigenvalue weighted by molar-refractivity contribution is 0.0530. The van der Waals surface area contributed by atoms with Crippen LogP contribution in [0.3, 0.4) is 0 Å². The lowest BCUT2D eigenvalue weighted by Gasteiger charge is -2.37. The molecule has 2 aliphatic heterocycles. The minimum absolute atomic E-state index is 0. The second kappa shape index (κ2) is 11.6. The molecular formula is C21H33ClIN3O2. The van der Waals surface area contributed by atoms with Gasteiger partial charge in [-0.25, -0.2) is 0 Å². The van der Waals surface area contributed by atoms with Crippen molar-refractivity contribution in [2.75, 3.05) is 53.1 Å². The van der Waals surface area contributed by atoms with E-state index in [2.05, 4.69) is 36.3 Å². The maximum absolute atomic E-state index is 6.57. The molecule has 1 atom stereocenters. The summed E-state index contributed by atoms with van der Waals surface area (Å²) in [5.74, 6) is 1.54. The second-order valence-corrected chi connectivity index (χ2v) is 8.06. The predicted molar refractivity (Wildman–Crippen MR) is 126 cm³/mol. The van der Waals surface area contributed by atoms with E-state index in [9.17, 15) is 0 Å². The first kappa shape index (κ1) is 23.7. The van der Waals surface area contributed by atoms with Gasteiger partial charge in [0.1, 0.15) is 0 Å². The molecule has 1 N–H and O–H groups in total. The topological polar surface area (TPSA) is 46.1 Å². The number of hydrogen-bond donors (Lipinski definition) is 1. The zero-order valence-electron chi connectivity index (χ0n) is 17.0. The van der Waals surface area contributed by atoms with Crippen LogP contribution in [0.1, 0.15) is 31.7 Å². The predicted octanol–water partition coefficient (Wildman–Crippen LogP) is 3.94. The summed E-state index contributed by atoms with van der Waals surface area (Å²) in [4.78, 5) is 7.28. The molecule has 158 valence electrons. The van der Waals surface area contributed by atoms with E-state index in [-0.39, 0.29) is 29.4 Å². The normalized spacial score (nSPS) is 21.8. The van der Waals surface area contributed by atoms with Crippen LogP contribution in [0.5, 0.6) is 0 Å². The summed E-state index contributed by atoms with van der Waals surface area (Å²) in [7, 11) is 2.12. The summed E-state index contributed by atoms with van der Waals surface area (Å²) in [5.41, 5.74) is 1.13. The van der Waals surface area contributed by atoms with Gasteiger partial charge in [0, 0.05) is 56.3 Å². The Morgan fingerprint density at radius 3 is 2.64 bits per heavy atom. The fourth-order valence-corrected chi connectivity index (χ4v) is 4.40. The number of guanidine groups is 1. The van der Waals surface area contributed by atoms with Gasteiger partial charge in [-0.05, 0) is 37.8 Å². The molecule has 1 aromatic carbocycles. The summed E-state index contributed by atoms with van der Waals surface area (Å²) in [5, 5.41) is 4.28. The minimum Gasteiger partial charge on any atom is -0.381 e. The minimum atomic E-state index is -0.0609. The Labute approximate surface area is 191 Å². The Hall–Kier alpha value is -0.570. The molecule has 0 radical (unpaired) electrons. The van der Waals surface area contributed by atoms with Crippen molar-refractivity contribution in [1.29, 1.82) is 0 Å². The SMILES string of the molecule is CCNC(=NCC1(c2ccccc2Cl)CCOCC1)N(C)CC1CCOC1.I. The monoisotopic (exact) mass is 521 g/mol. The van der Waals surface area contributed by atoms with Crippen LogP contribution in [0.2, 0.25) is 5.02 Å². The van der Waals surface area contributed by atoms with Crippen LogP contribution < -0.4 is 5.32 Å². The van der Waals surface area contributed by atoms with E-state index in [1.807, 2.05) is 12.1 Å². The second-order valence-electron chi connectivity index (χ2n) is 7.65. The first-order valence-corrected chi connectivity index (χ1v) is 10.4. The quantitative estimate of drug-likeness (QED) is 0.350. The third kappa shape index (κ3) is 5.97. The van der Waals surface area contributed by atoms with Gasteiger partial charge in [0.15, 0.2) is 5.96 Å². The average molecular weight is 522 g/mol. The van der Waals surface area contributed by atoms with Crippen molar-refractivity contribution < 1.29 is 9.47 Å². The van der Waals surface area contributed by atoms with Gasteiger partial charge in [0.2, 0.25) is 0 Å². The van der Waals surface area contributed by atoms with Gasteiger partial charge < -0.3 is 19.7 Å². The molecule has 0 spiro atoms. The Balaban J connectivity index is 0.00000280. The van der Waals surface area contributed by atoms with E-state index < -0.39 is 0 Å². The molecule has 0 aliphatic carbocycles. The van der Waals surface area contributed by atoms with Gasteiger partial charge in [0.25, 0.3) is 0 Å². The molecule has 2 aliphatic rings. The highest BCUT2D eigenvalue weighted by Gasteiger charge is 2.36. The largest absolute Gasteiger partial charge is 0.381 e. The van der Waals surface area contributed by atoms with Crippen LogP contribution in [-0.4, -0.2) is 64.0 Å². The van der Waals surface area contributed by atoms with Crippen LogP contribution in [0.25, 0.3) is 0 Å². The molecule has 0 saturated carbocycles. The lowest BCUT2D eigenvalue weighted by atomic mass is 9.74. The van der Waals surface area contributed by atoms with Crippen LogP contribution in [-0.2, 0) is 14.9 Å². The van der Waals surface area contributed by atoms with Crippen LogP contribution >= 0.6 is 35.6 Å². The summed E-state index contributed by atoms with van der Waals surface area (Å²) in [6.45, 7) is 7.89. The Kier molecular flexibility index (Phi) is 9.80. The highest BCUT2D eigenvalue weighted by molar-refractivity contribution is 14.0. The Morgan fingerprint density at radius 1 is 1.25 bits per heavy atom. The van der Waals surface area contributed by atoms with Crippen molar-refractivity contribution in [3.8, 4) is 0 Å². The molecule has 2 heterocycles. The summed E-state index contributed by atoms with van der Waals surface area (Å²) in [6.07, 6.45) is 3.02. The summed E-state index contributed by atoms with van der Waals surface area (Å²) >= 11 is 6.57. The number of nitrogens with one attached hydrogen (secondary N) is 1. The van der Waals surface area contributed by atoms with Gasteiger partial charge >= 0.3 is 0 Å². The molecular weight excluding hydrogens is 489 g/mol. The van der Waals surface area contributed by atoms with E-state index in [0.29, 0.717) is 12.5 Å². The number of rotatable bonds is 6. The fourth-order valence-electron chi connectivity index (χ4n) is 4.06. The van der Waals surface area contributed by atoms with E-state index in [4.69, 9.17) is 26.1 Å². The molecule has 2 saturated heterocycles. The standard InChI is InChI=1S/C21H32ClN3O2.HI/c1-3-23-20(25(2)14-17-8-11-27-15-17)24-16-21(9-12-26-13-10-21)18-6-4-5-7-19(18)22;/h4-7,17H,3,8-16H2,1-2H3,(H,23,24);1H. The Bertz CT molecular complexity index is 632. The van der Waals surface area contributed by atoms with E-state index in [1.54, 1.807) is 0 Å². The average Bonchev–Trinajstić information content (AvgIpc) is 3.19. The Morgan fingerprint density at radius 2 is 2.00 bits per heavy atom. The van der Waals surface area contributed by atoms with Crippen molar-refractivity contribution >= 4 is 41.5 Å². The number of nitrogens with zero attached hydrogens (tertiary/aromatic N) is 2. The zero-order valence-corrected chi connectivity index (χ0v) is 20.0. The number of ether oxygens (including phenoxy) is 2. The molecule has 0 amide bonds. The first-order chi connectivity index (χ1) is 13.1. The molecule has 28 heavy (non-hydrogen) atoms. The third-order valence-electron chi connectivity index (χ3n) is 5.68. The highest BCUT2D eigenvalue weighted by atomic mass is 127. The van der Waals surface area contributed by atoms with Gasteiger partial charge in [-0.2, -0.15) is 0 Å². The fraction of sp³-hybridized carbons (Fsp3) is 0.667. The maximum atomic E-state index is 6.57. The van der Waals surface area contributed by atoms with Crippen molar-refractivity contribution in [3.63, 3.8) is 0 Å². The molecule has 0 aromatic heterocycles. The van der Waals surface area contributed by atoms with E-state index in [1.165, 1.54) is 5.56 Å². The van der Waals surface area contributed by atoms with Gasteiger partial charge in [-0.3, -0.25) is 4.99 Å². The van der Waals surface area contributed by atoms with Crippen LogP contribution in [0.15, 0.2) is 29.3 Å². The van der Waals surface area contributed by atoms with Gasteiger partial charge in [-0.15, -0.1) is 24.0 Å². The molecule has 5 nitrogen and oxygen atoms in total. The first-order valence-electron chi connectivity index (χ1n) is 10.0. The van der Waals surface area contributed by atoms with E-state index >= 15 is 0 Å². The molecule has 0 bridgehead atoms. The number of aliphatic imine (C=N–C) groups is 1. The summed E-state index contributed by atoms with van der Waals surface area (Å²) in [6, 6.07) is 8.19. The third-order valence-corrected chi connectivity index (χ3v) is 6.01. The highest BCUT2D eigenvalue weighted by Crippen LogP contribution is 2.39. The molecule has 7 heteroatoms.